The molecule has 3 amide bonds. The summed E-state index contributed by atoms with van der Waals surface area (Å²) in [4.78, 5) is 44.1. The maximum absolute atomic E-state index is 13.4. The van der Waals surface area contributed by atoms with Crippen molar-refractivity contribution in [1.29, 1.82) is 0 Å². The Hall–Kier alpha value is -3.46. The SMILES string of the molecule is NC(=O)c1nn(CC(=O)N2[C@@H]3C[C@@H]3C[C@H]2C(=O)N[C@H]2C[C@@H]2c2ccccc2Cl)c2cnccc12. The highest BCUT2D eigenvalue weighted by Crippen LogP contribution is 2.49. The number of piperidine rings is 1. The van der Waals surface area contributed by atoms with Crippen LogP contribution < -0.4 is 11.1 Å². The molecule has 1 aliphatic heterocycles. The summed E-state index contributed by atoms with van der Waals surface area (Å²) < 4.78 is 1.45. The molecule has 3 fully saturated rings. The summed E-state index contributed by atoms with van der Waals surface area (Å²) in [5.74, 6) is -0.429. The van der Waals surface area contributed by atoms with E-state index in [4.69, 9.17) is 17.3 Å². The number of halogens is 1. The summed E-state index contributed by atoms with van der Waals surface area (Å²) in [5, 5.41) is 8.64. The van der Waals surface area contributed by atoms with Crippen LogP contribution in [0.1, 0.15) is 41.2 Å². The number of carbonyl (C=O) groups is 3. The first-order valence-electron chi connectivity index (χ1n) is 11.4. The van der Waals surface area contributed by atoms with E-state index in [1.165, 1.54) is 4.68 Å². The number of amides is 3. The summed E-state index contributed by atoms with van der Waals surface area (Å²) in [7, 11) is 0. The maximum atomic E-state index is 13.4. The van der Waals surface area contributed by atoms with Gasteiger partial charge in [-0.25, -0.2) is 0 Å². The number of fused-ring (bicyclic) bond motifs is 2. The van der Waals surface area contributed by atoms with Crippen molar-refractivity contribution in [3.63, 3.8) is 0 Å². The van der Waals surface area contributed by atoms with Crippen LogP contribution in [0.2, 0.25) is 5.02 Å². The van der Waals surface area contributed by atoms with Gasteiger partial charge in [-0.3, -0.25) is 24.0 Å². The van der Waals surface area contributed by atoms with E-state index in [2.05, 4.69) is 15.4 Å². The van der Waals surface area contributed by atoms with Gasteiger partial charge in [-0.2, -0.15) is 5.10 Å². The van der Waals surface area contributed by atoms with Crippen LogP contribution in [0.15, 0.2) is 42.7 Å². The Morgan fingerprint density at radius 3 is 2.76 bits per heavy atom. The number of rotatable bonds is 6. The van der Waals surface area contributed by atoms with Gasteiger partial charge in [0.25, 0.3) is 5.91 Å². The quantitative estimate of drug-likeness (QED) is 0.559. The van der Waals surface area contributed by atoms with Gasteiger partial charge < -0.3 is 16.0 Å². The Morgan fingerprint density at radius 2 is 1.97 bits per heavy atom. The van der Waals surface area contributed by atoms with Gasteiger partial charge in [0.1, 0.15) is 12.6 Å². The van der Waals surface area contributed by atoms with Gasteiger partial charge in [-0.15, -0.1) is 0 Å². The van der Waals surface area contributed by atoms with Crippen molar-refractivity contribution in [2.75, 3.05) is 0 Å². The van der Waals surface area contributed by atoms with Crippen molar-refractivity contribution in [3.05, 3.63) is 59.0 Å². The first-order chi connectivity index (χ1) is 16.4. The van der Waals surface area contributed by atoms with Crippen molar-refractivity contribution in [2.45, 2.75) is 49.9 Å². The molecule has 0 spiro atoms. The lowest BCUT2D eigenvalue weighted by Crippen LogP contribution is -2.49. The summed E-state index contributed by atoms with van der Waals surface area (Å²) >= 11 is 6.31. The van der Waals surface area contributed by atoms with Crippen LogP contribution in [0.25, 0.3) is 10.9 Å². The van der Waals surface area contributed by atoms with E-state index in [0.717, 1.165) is 18.4 Å². The van der Waals surface area contributed by atoms with E-state index in [1.54, 1.807) is 23.4 Å². The molecule has 174 valence electrons. The largest absolute Gasteiger partial charge is 0.364 e. The summed E-state index contributed by atoms with van der Waals surface area (Å²) in [5.41, 5.74) is 7.16. The van der Waals surface area contributed by atoms with Gasteiger partial charge >= 0.3 is 0 Å². The van der Waals surface area contributed by atoms with Crippen molar-refractivity contribution in [1.82, 2.24) is 25.0 Å². The molecule has 0 unspecified atom stereocenters. The minimum Gasteiger partial charge on any atom is -0.364 e. The second-order valence-electron chi connectivity index (χ2n) is 9.36. The molecule has 1 saturated heterocycles. The molecule has 3 N–H and O–H groups in total. The number of pyridine rings is 1. The van der Waals surface area contributed by atoms with Gasteiger partial charge in [-0.1, -0.05) is 29.8 Å². The van der Waals surface area contributed by atoms with Crippen LogP contribution in [-0.2, 0) is 16.1 Å². The second-order valence-corrected chi connectivity index (χ2v) is 9.76. The monoisotopic (exact) mass is 478 g/mol. The minimum absolute atomic E-state index is 0.0283. The number of nitrogens with one attached hydrogen (secondary N) is 1. The number of benzene rings is 1. The lowest BCUT2D eigenvalue weighted by atomic mass is 10.1. The van der Waals surface area contributed by atoms with Crippen LogP contribution >= 0.6 is 11.6 Å². The standard InChI is InChI=1S/C24H23ClN6O3/c25-16-4-2-1-3-13(16)15-9-17(15)28-24(34)19-8-12-7-18(12)31(19)21(32)11-30-20-10-27-6-5-14(20)22(29-30)23(26)33/h1-6,10,12,15,17-19H,7-9,11H2,(H2,26,33)(H,28,34)/t12-,15-,17+,18-,19+/m1/s1. The van der Waals surface area contributed by atoms with E-state index < -0.39 is 11.9 Å². The average molecular weight is 479 g/mol. The van der Waals surface area contributed by atoms with Crippen LogP contribution in [0.3, 0.4) is 0 Å². The van der Waals surface area contributed by atoms with Gasteiger partial charge in [0.2, 0.25) is 11.8 Å². The number of hydrogen-bond donors (Lipinski definition) is 2. The van der Waals surface area contributed by atoms with E-state index in [9.17, 15) is 14.4 Å². The predicted molar refractivity (Wildman–Crippen MR) is 124 cm³/mol. The van der Waals surface area contributed by atoms with Crippen LogP contribution in [0, 0.1) is 5.92 Å². The lowest BCUT2D eigenvalue weighted by Gasteiger charge is -2.27. The molecule has 6 rings (SSSR count). The molecule has 3 aromatic rings. The van der Waals surface area contributed by atoms with Crippen molar-refractivity contribution in [3.8, 4) is 0 Å². The normalized spacial score (nSPS) is 26.9. The Bertz CT molecular complexity index is 1340. The minimum atomic E-state index is -0.666. The van der Waals surface area contributed by atoms with Crippen LogP contribution in [0.5, 0.6) is 0 Å². The van der Waals surface area contributed by atoms with Gasteiger partial charge in [-0.05, 0) is 42.9 Å². The third-order valence-corrected chi connectivity index (χ3v) is 7.53. The fourth-order valence-corrected chi connectivity index (χ4v) is 5.61. The number of likely N-dealkylation sites (tertiary alicyclic amines) is 1. The Balaban J connectivity index is 1.17. The molecular weight excluding hydrogens is 456 g/mol. The van der Waals surface area contributed by atoms with Crippen molar-refractivity contribution >= 4 is 40.2 Å². The molecule has 34 heavy (non-hydrogen) atoms. The summed E-state index contributed by atoms with van der Waals surface area (Å²) in [6, 6.07) is 8.94. The first kappa shape index (κ1) is 21.1. The van der Waals surface area contributed by atoms with Crippen LogP contribution in [0.4, 0.5) is 0 Å². The summed E-state index contributed by atoms with van der Waals surface area (Å²) in [6.07, 6.45) is 5.52. The van der Waals surface area contributed by atoms with Crippen molar-refractivity contribution in [2.24, 2.45) is 11.7 Å². The highest BCUT2D eigenvalue weighted by molar-refractivity contribution is 6.31. The molecule has 2 aromatic heterocycles. The fraction of sp³-hybridized carbons (Fsp3) is 0.375. The molecule has 10 heteroatoms. The van der Waals surface area contributed by atoms with Gasteiger partial charge in [0.15, 0.2) is 5.69 Å². The number of hydrogen-bond acceptors (Lipinski definition) is 5. The molecule has 1 aromatic carbocycles. The molecule has 2 saturated carbocycles. The zero-order chi connectivity index (χ0) is 23.6. The molecule has 3 heterocycles. The Kier molecular flexibility index (Phi) is 4.84. The zero-order valence-corrected chi connectivity index (χ0v) is 19.0. The van der Waals surface area contributed by atoms with E-state index in [1.807, 2.05) is 24.3 Å². The van der Waals surface area contributed by atoms with E-state index in [-0.39, 0.29) is 42.1 Å². The Morgan fingerprint density at radius 1 is 1.15 bits per heavy atom. The number of carbonyl (C=O) groups excluding carboxylic acids is 3. The van der Waals surface area contributed by atoms with Crippen LogP contribution in [-0.4, -0.2) is 55.5 Å². The van der Waals surface area contributed by atoms with Crippen molar-refractivity contribution < 1.29 is 14.4 Å². The number of nitrogens with two attached hydrogens (primary N) is 1. The van der Waals surface area contributed by atoms with E-state index >= 15 is 0 Å². The average Bonchev–Trinajstić information content (AvgIpc) is 3.69. The zero-order valence-electron chi connectivity index (χ0n) is 18.2. The maximum Gasteiger partial charge on any atom is 0.269 e. The smallest absolute Gasteiger partial charge is 0.269 e. The molecule has 0 radical (unpaired) electrons. The second kappa shape index (κ2) is 7.80. The predicted octanol–water partition coefficient (Wildman–Crippen LogP) is 1.85. The lowest BCUT2D eigenvalue weighted by molar-refractivity contribution is -0.140. The molecule has 0 bridgehead atoms. The third-order valence-electron chi connectivity index (χ3n) is 7.19. The third kappa shape index (κ3) is 3.51. The highest BCUT2D eigenvalue weighted by Gasteiger charge is 2.56. The number of aromatic nitrogens is 3. The number of primary amides is 1. The summed E-state index contributed by atoms with van der Waals surface area (Å²) in [6.45, 7) is -0.0891. The van der Waals surface area contributed by atoms with Gasteiger partial charge in [0.05, 0.1) is 11.7 Å². The molecule has 5 atom stereocenters. The molecular formula is C24H23ClN6O3. The molecule has 9 nitrogen and oxygen atoms in total. The fourth-order valence-electron chi connectivity index (χ4n) is 5.33. The van der Waals surface area contributed by atoms with Gasteiger partial charge in [0, 0.05) is 34.6 Å². The Labute approximate surface area is 200 Å². The first-order valence-corrected chi connectivity index (χ1v) is 11.8. The van der Waals surface area contributed by atoms with E-state index in [0.29, 0.717) is 28.3 Å². The molecule has 3 aliphatic rings. The number of nitrogens with zero attached hydrogens (tertiary/aromatic N) is 4. The molecule has 2 aliphatic carbocycles. The topological polar surface area (TPSA) is 123 Å². The highest BCUT2D eigenvalue weighted by atomic mass is 35.5.